The number of halogens is 3. The molecule has 1 aromatic rings. The molecule has 0 radical (unpaired) electrons. The Balaban J connectivity index is 1.44. The van der Waals surface area contributed by atoms with Crippen molar-refractivity contribution in [2.45, 2.75) is 93.0 Å². The first-order chi connectivity index (χ1) is 19.7. The summed E-state index contributed by atoms with van der Waals surface area (Å²) in [5.74, 6) is -2.28. The Hall–Kier alpha value is -3.04. The molecular weight excluding hydrogens is 571 g/mol. The highest BCUT2D eigenvalue weighted by atomic mass is 32.2. The highest BCUT2D eigenvalue weighted by Crippen LogP contribution is 2.59. The maximum absolute atomic E-state index is 13.9. The minimum Gasteiger partial charge on any atom is -0.392 e. The largest absolute Gasteiger partial charge is 0.403 e. The lowest BCUT2D eigenvalue weighted by molar-refractivity contribution is -0.199. The average molecular weight is 606 g/mol. The number of likely N-dealkylation sites (tertiary alicyclic amines) is 1. The lowest BCUT2D eigenvalue weighted by atomic mass is 9.82. The number of benzene rings is 1. The fraction of sp³-hybridized carbons (Fsp3) is 0.600. The van der Waals surface area contributed by atoms with Crippen LogP contribution in [0, 0.1) is 34.5 Å². The number of nitrogens with zero attached hydrogens (tertiary/aromatic N) is 2. The van der Waals surface area contributed by atoms with Gasteiger partial charge in [-0.25, -0.2) is 8.42 Å². The number of alkyl halides is 3. The van der Waals surface area contributed by atoms with E-state index in [2.05, 4.69) is 6.07 Å². The predicted molar refractivity (Wildman–Crippen MR) is 146 cm³/mol. The van der Waals surface area contributed by atoms with Gasteiger partial charge < -0.3 is 15.4 Å². The van der Waals surface area contributed by atoms with E-state index >= 15 is 0 Å². The fourth-order valence-corrected chi connectivity index (χ4v) is 8.42. The number of sulfone groups is 1. The van der Waals surface area contributed by atoms with E-state index in [1.165, 1.54) is 6.07 Å². The first-order valence-corrected chi connectivity index (χ1v) is 15.8. The summed E-state index contributed by atoms with van der Waals surface area (Å²) in [6.45, 7) is 0.930. The third kappa shape index (κ3) is 5.19. The van der Waals surface area contributed by atoms with Crippen LogP contribution in [-0.2, 0) is 19.4 Å². The number of rotatable bonds is 9. The minimum atomic E-state index is -4.85. The summed E-state index contributed by atoms with van der Waals surface area (Å²) < 4.78 is 69.5. The summed E-state index contributed by atoms with van der Waals surface area (Å²) in [5.41, 5.74) is -1.84. The van der Waals surface area contributed by atoms with E-state index in [0.717, 1.165) is 35.3 Å². The second-order valence-electron chi connectivity index (χ2n) is 12.3. The molecule has 0 spiro atoms. The molecule has 1 heterocycles. The van der Waals surface area contributed by atoms with E-state index in [1.807, 2.05) is 6.08 Å². The van der Waals surface area contributed by atoms with E-state index in [0.29, 0.717) is 18.4 Å². The summed E-state index contributed by atoms with van der Waals surface area (Å²) in [5, 5.41) is 26.1. The number of nitriles is 1. The third-order valence-corrected chi connectivity index (χ3v) is 11.8. The SMILES string of the molecule is Cc1cc(C2CCCC=C2CO)ccc1S(=O)(=O)[C@@H]1C[C@@H](C(=O)C(=N)CC2(C#N)CC2)N(C(=O)C2(C(F)(F)F)CC2)C1. The highest BCUT2D eigenvalue weighted by molar-refractivity contribution is 7.92. The molecule has 2 N–H and O–H groups in total. The molecule has 4 aliphatic rings. The average Bonchev–Trinajstić information content (AvgIpc) is 3.88. The minimum absolute atomic E-state index is 0.0319. The number of Topliss-reactive ketones (excluding diaryl/α,β-unsaturated/α-hetero) is 1. The van der Waals surface area contributed by atoms with Crippen LogP contribution >= 0.6 is 0 Å². The molecule has 8 nitrogen and oxygen atoms in total. The number of nitrogens with one attached hydrogen (secondary N) is 1. The highest BCUT2D eigenvalue weighted by Gasteiger charge is 2.70. The Morgan fingerprint density at radius 3 is 2.45 bits per heavy atom. The molecule has 1 unspecified atom stereocenters. The van der Waals surface area contributed by atoms with Gasteiger partial charge in [0.25, 0.3) is 0 Å². The Bertz CT molecular complexity index is 1500. The summed E-state index contributed by atoms with van der Waals surface area (Å²) >= 11 is 0. The normalized spacial score (nSPS) is 26.2. The van der Waals surface area contributed by atoms with Crippen LogP contribution in [0.4, 0.5) is 13.2 Å². The molecule has 1 amide bonds. The van der Waals surface area contributed by atoms with E-state index in [9.17, 15) is 41.5 Å². The van der Waals surface area contributed by atoms with Crippen molar-refractivity contribution < 1.29 is 36.3 Å². The van der Waals surface area contributed by atoms with Crippen LogP contribution in [0.2, 0.25) is 0 Å². The standard InChI is InChI=1S/C30H34F3N3O5S/c1-18-12-19(22-5-3-2-4-20(22)16-37)6-7-25(18)42(40,41)21-13-24(26(38)23(35)14-28(17-34)8-9-28)36(15-21)27(39)29(10-11-29)30(31,32)33/h4,6-7,12,21-22,24,35,37H,2-3,5,8-11,13-16H2,1H3/t21-,22?,24+/m1/s1. The van der Waals surface area contributed by atoms with E-state index in [1.54, 1.807) is 19.1 Å². The van der Waals surface area contributed by atoms with Crippen LogP contribution in [-0.4, -0.2) is 66.4 Å². The van der Waals surface area contributed by atoms with E-state index in [-0.39, 0.29) is 23.8 Å². The monoisotopic (exact) mass is 605 g/mol. The van der Waals surface area contributed by atoms with Crippen molar-refractivity contribution >= 4 is 27.2 Å². The number of aliphatic hydroxyl groups excluding tert-OH is 1. The van der Waals surface area contributed by atoms with Crippen molar-refractivity contribution in [3.63, 3.8) is 0 Å². The maximum Gasteiger partial charge on any atom is 0.403 e. The maximum atomic E-state index is 13.9. The van der Waals surface area contributed by atoms with E-state index in [4.69, 9.17) is 5.41 Å². The van der Waals surface area contributed by atoms with Crippen molar-refractivity contribution in [3.8, 4) is 6.07 Å². The Morgan fingerprint density at radius 1 is 1.21 bits per heavy atom. The number of allylic oxidation sites excluding steroid dienone is 1. The second-order valence-corrected chi connectivity index (χ2v) is 14.5. The molecule has 2 saturated carbocycles. The van der Waals surface area contributed by atoms with Gasteiger partial charge in [-0.2, -0.15) is 18.4 Å². The second kappa shape index (κ2) is 10.6. The van der Waals surface area contributed by atoms with Gasteiger partial charge >= 0.3 is 6.18 Å². The molecule has 5 rings (SSSR count). The zero-order valence-electron chi connectivity index (χ0n) is 23.3. The summed E-state index contributed by atoms with van der Waals surface area (Å²) in [7, 11) is -4.20. The van der Waals surface area contributed by atoms with Gasteiger partial charge in [0, 0.05) is 18.9 Å². The zero-order chi connectivity index (χ0) is 30.7. The first kappa shape index (κ1) is 30.4. The summed E-state index contributed by atoms with van der Waals surface area (Å²) in [4.78, 5) is 27.4. The van der Waals surface area contributed by atoms with Crippen LogP contribution in [0.15, 0.2) is 34.7 Å². The molecule has 3 fully saturated rings. The molecule has 1 aromatic carbocycles. The van der Waals surface area contributed by atoms with Crippen LogP contribution in [0.25, 0.3) is 0 Å². The quantitative estimate of drug-likeness (QED) is 0.313. The van der Waals surface area contributed by atoms with Gasteiger partial charge in [0.1, 0.15) is 5.41 Å². The number of amides is 1. The van der Waals surface area contributed by atoms with Crippen molar-refractivity contribution in [1.29, 1.82) is 10.7 Å². The first-order valence-electron chi connectivity index (χ1n) is 14.2. The molecule has 12 heteroatoms. The lowest BCUT2D eigenvalue weighted by Gasteiger charge is -2.29. The van der Waals surface area contributed by atoms with Gasteiger partial charge in [-0.3, -0.25) is 9.59 Å². The predicted octanol–water partition coefficient (Wildman–Crippen LogP) is 4.55. The topological polar surface area (TPSA) is 139 Å². The number of carbonyl (C=O) groups is 2. The molecule has 0 aromatic heterocycles. The summed E-state index contributed by atoms with van der Waals surface area (Å²) in [6.07, 6.45) is -0.774. The Morgan fingerprint density at radius 2 is 1.90 bits per heavy atom. The number of hydrogen-bond acceptors (Lipinski definition) is 7. The van der Waals surface area contributed by atoms with Crippen molar-refractivity contribution in [2.75, 3.05) is 13.2 Å². The lowest BCUT2D eigenvalue weighted by Crippen LogP contribution is -2.50. The number of carbonyl (C=O) groups excluding carboxylic acids is 2. The molecule has 1 saturated heterocycles. The van der Waals surface area contributed by atoms with Crippen LogP contribution < -0.4 is 0 Å². The zero-order valence-corrected chi connectivity index (χ0v) is 24.2. The molecule has 226 valence electrons. The number of ketones is 1. The smallest absolute Gasteiger partial charge is 0.392 e. The van der Waals surface area contributed by atoms with Crippen LogP contribution in [0.3, 0.4) is 0 Å². The van der Waals surface area contributed by atoms with Gasteiger partial charge in [0.15, 0.2) is 15.6 Å². The van der Waals surface area contributed by atoms with Gasteiger partial charge in [-0.1, -0.05) is 18.2 Å². The molecule has 1 aliphatic heterocycles. The summed E-state index contributed by atoms with van der Waals surface area (Å²) in [6, 6.07) is 5.41. The number of aryl methyl sites for hydroxylation is 1. The Labute approximate surface area is 243 Å². The van der Waals surface area contributed by atoms with Crippen LogP contribution in [0.1, 0.15) is 74.8 Å². The molecular formula is C30H34F3N3O5S. The van der Waals surface area contributed by atoms with Gasteiger partial charge in [0.2, 0.25) is 5.91 Å². The molecule has 3 aliphatic carbocycles. The van der Waals surface area contributed by atoms with Crippen molar-refractivity contribution in [3.05, 3.63) is 41.0 Å². The van der Waals surface area contributed by atoms with Crippen molar-refractivity contribution in [1.82, 2.24) is 4.90 Å². The number of hydrogen-bond donors (Lipinski definition) is 2. The van der Waals surface area contributed by atoms with Gasteiger partial charge in [-0.15, -0.1) is 0 Å². The number of aliphatic hydroxyl groups is 1. The van der Waals surface area contributed by atoms with Gasteiger partial charge in [-0.05, 0) is 81.1 Å². The molecule has 42 heavy (non-hydrogen) atoms. The van der Waals surface area contributed by atoms with Gasteiger partial charge in [0.05, 0.1) is 40.0 Å². The Kier molecular flexibility index (Phi) is 7.67. The van der Waals surface area contributed by atoms with Crippen LogP contribution in [0.5, 0.6) is 0 Å². The third-order valence-electron chi connectivity index (χ3n) is 9.51. The van der Waals surface area contributed by atoms with Crippen molar-refractivity contribution in [2.24, 2.45) is 10.8 Å². The molecule has 0 bridgehead atoms. The molecule has 3 atom stereocenters. The van der Waals surface area contributed by atoms with E-state index < -0.39 is 81.3 Å². The fourth-order valence-electron chi connectivity index (χ4n) is 6.50.